The predicted molar refractivity (Wildman–Crippen MR) is 137 cm³/mol. The minimum atomic E-state index is -1.10. The molecule has 10 nitrogen and oxygen atoms in total. The molecule has 11 heteroatoms. The fourth-order valence-corrected chi connectivity index (χ4v) is 5.91. The number of aromatic hydroxyl groups is 1. The van der Waals surface area contributed by atoms with Gasteiger partial charge in [-0.1, -0.05) is 38.1 Å². The maximum absolute atomic E-state index is 13.7. The average molecular weight is 524 g/mol. The molecule has 2 amide bonds. The summed E-state index contributed by atoms with van der Waals surface area (Å²) in [5.41, 5.74) is 3.42. The van der Waals surface area contributed by atoms with Crippen LogP contribution in [0.4, 0.5) is 0 Å². The van der Waals surface area contributed by atoms with E-state index in [2.05, 4.69) is 20.4 Å². The zero-order valence-corrected chi connectivity index (χ0v) is 21.8. The topological polar surface area (TPSA) is 141 Å². The number of aliphatic imine (C=N–C) groups is 1. The van der Waals surface area contributed by atoms with E-state index >= 15 is 0 Å². The molecule has 3 aromatic rings. The first kappa shape index (κ1) is 25.1. The number of amides is 2. The Morgan fingerprint density at radius 3 is 2.62 bits per heavy atom. The summed E-state index contributed by atoms with van der Waals surface area (Å²) in [5, 5.41) is 26.9. The van der Waals surface area contributed by atoms with Crippen LogP contribution in [0.15, 0.2) is 45.4 Å². The quantitative estimate of drug-likeness (QED) is 0.448. The molecular weight excluding hydrogens is 494 g/mol. The van der Waals surface area contributed by atoms with Crippen LogP contribution >= 0.6 is 11.3 Å². The van der Waals surface area contributed by atoms with Gasteiger partial charge >= 0.3 is 0 Å². The molecule has 0 aliphatic carbocycles. The molecule has 4 heterocycles. The molecule has 37 heavy (non-hydrogen) atoms. The van der Waals surface area contributed by atoms with Crippen LogP contribution in [0.5, 0.6) is 5.88 Å². The maximum atomic E-state index is 13.7. The van der Waals surface area contributed by atoms with Crippen molar-refractivity contribution in [3.63, 3.8) is 0 Å². The number of β-amino-alcohol motifs (C(OH)–C–C–N with tert-alkyl or cyclic N) is 1. The van der Waals surface area contributed by atoms with Crippen LogP contribution in [-0.4, -0.2) is 61.6 Å². The van der Waals surface area contributed by atoms with E-state index in [-0.39, 0.29) is 42.3 Å². The fourth-order valence-electron chi connectivity index (χ4n) is 5.10. The van der Waals surface area contributed by atoms with Crippen molar-refractivity contribution in [3.05, 3.63) is 52.9 Å². The SMILES string of the molecule is Cc1ncsc1-c1ccc(C2(C)NC([C@@H]3C[C@@H](O)CN3C(=O)C(c3cc(O)no3)C(C)C)=NC2=O)cc1. The summed E-state index contributed by atoms with van der Waals surface area (Å²) in [4.78, 5) is 38.1. The Bertz CT molecular complexity index is 1360. The number of aliphatic hydroxyl groups is 1. The Morgan fingerprint density at radius 2 is 2.03 bits per heavy atom. The van der Waals surface area contributed by atoms with Crippen molar-refractivity contribution in [2.24, 2.45) is 10.9 Å². The second-order valence-corrected chi connectivity index (χ2v) is 11.0. The number of aryl methyl sites for hydroxylation is 1. The predicted octanol–water partition coefficient (Wildman–Crippen LogP) is 2.96. The zero-order valence-electron chi connectivity index (χ0n) is 21.0. The van der Waals surface area contributed by atoms with Gasteiger partial charge in [0.2, 0.25) is 5.91 Å². The van der Waals surface area contributed by atoms with Crippen molar-refractivity contribution < 1.29 is 24.3 Å². The first-order valence-electron chi connectivity index (χ1n) is 12.1. The lowest BCUT2D eigenvalue weighted by atomic mass is 9.90. The standard InChI is InChI=1S/C26H29N5O5S/c1-13(2)21(19-10-20(33)30-36-19)24(34)31-11-17(32)9-18(31)23-28-25(35)26(4,29-23)16-7-5-15(6-8-16)22-14(3)27-12-37-22/h5-8,10,12-13,17-18,21,32H,9,11H2,1-4H3,(H,30,33)(H,28,29,35)/t17-,18+,21?,26?/m1/s1. The third-order valence-corrected chi connectivity index (χ3v) is 8.11. The molecule has 0 bridgehead atoms. The molecule has 0 spiro atoms. The largest absolute Gasteiger partial charge is 0.491 e. The molecular formula is C26H29N5O5S. The monoisotopic (exact) mass is 523 g/mol. The zero-order chi connectivity index (χ0) is 26.5. The third kappa shape index (κ3) is 4.42. The van der Waals surface area contributed by atoms with Gasteiger partial charge in [0.1, 0.15) is 17.3 Å². The lowest BCUT2D eigenvalue weighted by Gasteiger charge is -2.31. The molecule has 1 fully saturated rings. The number of nitrogens with one attached hydrogen (secondary N) is 1. The van der Waals surface area contributed by atoms with Crippen LogP contribution in [-0.2, 0) is 15.1 Å². The molecule has 2 unspecified atom stereocenters. The van der Waals surface area contributed by atoms with Gasteiger partial charge < -0.3 is 25.0 Å². The van der Waals surface area contributed by atoms with E-state index in [1.54, 1.807) is 23.8 Å². The van der Waals surface area contributed by atoms with Gasteiger partial charge in [-0.3, -0.25) is 9.59 Å². The van der Waals surface area contributed by atoms with E-state index in [1.165, 1.54) is 11.0 Å². The summed E-state index contributed by atoms with van der Waals surface area (Å²) in [5.74, 6) is -1.23. The van der Waals surface area contributed by atoms with Crippen LogP contribution in [0.3, 0.4) is 0 Å². The van der Waals surface area contributed by atoms with Crippen LogP contribution < -0.4 is 5.32 Å². The van der Waals surface area contributed by atoms with Gasteiger partial charge in [0.25, 0.3) is 11.8 Å². The molecule has 0 radical (unpaired) electrons. The number of aromatic nitrogens is 2. The molecule has 1 saturated heterocycles. The van der Waals surface area contributed by atoms with Crippen molar-refractivity contribution in [2.45, 2.75) is 57.7 Å². The van der Waals surface area contributed by atoms with Gasteiger partial charge in [0.05, 0.1) is 28.2 Å². The van der Waals surface area contributed by atoms with Crippen molar-refractivity contribution in [3.8, 4) is 16.3 Å². The summed E-state index contributed by atoms with van der Waals surface area (Å²) in [7, 11) is 0. The fraction of sp³-hybridized carbons (Fsp3) is 0.423. The normalized spacial score (nSPS) is 24.4. The number of hydrogen-bond acceptors (Lipinski definition) is 9. The lowest BCUT2D eigenvalue weighted by Crippen LogP contribution is -2.51. The van der Waals surface area contributed by atoms with Gasteiger partial charge in [-0.2, -0.15) is 4.99 Å². The number of amidine groups is 1. The highest BCUT2D eigenvalue weighted by atomic mass is 32.1. The Kier molecular flexibility index (Phi) is 6.36. The maximum Gasteiger partial charge on any atom is 0.277 e. The van der Waals surface area contributed by atoms with E-state index in [0.717, 1.165) is 21.7 Å². The Labute approximate surface area is 218 Å². The average Bonchev–Trinajstić information content (AvgIpc) is 3.62. The summed E-state index contributed by atoms with van der Waals surface area (Å²) in [6.07, 6.45) is -0.518. The van der Waals surface area contributed by atoms with Gasteiger partial charge in [0.15, 0.2) is 5.76 Å². The summed E-state index contributed by atoms with van der Waals surface area (Å²) < 4.78 is 5.19. The molecule has 4 atom stereocenters. The van der Waals surface area contributed by atoms with E-state index in [9.17, 15) is 19.8 Å². The molecule has 3 N–H and O–H groups in total. The number of thiazole rings is 1. The lowest BCUT2D eigenvalue weighted by molar-refractivity contribution is -0.134. The molecule has 0 saturated carbocycles. The van der Waals surface area contributed by atoms with Crippen molar-refractivity contribution in [1.29, 1.82) is 0 Å². The number of carbonyl (C=O) groups excluding carboxylic acids is 2. The van der Waals surface area contributed by atoms with Gasteiger partial charge in [-0.15, -0.1) is 11.3 Å². The second kappa shape index (κ2) is 9.38. The van der Waals surface area contributed by atoms with Crippen LogP contribution in [0.2, 0.25) is 0 Å². The highest BCUT2D eigenvalue weighted by molar-refractivity contribution is 7.13. The van der Waals surface area contributed by atoms with E-state index in [1.807, 2.05) is 45.0 Å². The summed E-state index contributed by atoms with van der Waals surface area (Å²) in [6.45, 7) is 7.56. The number of likely N-dealkylation sites (tertiary alicyclic amines) is 1. The van der Waals surface area contributed by atoms with Crippen LogP contribution in [0, 0.1) is 12.8 Å². The van der Waals surface area contributed by atoms with Crippen molar-refractivity contribution in [2.75, 3.05) is 6.54 Å². The smallest absolute Gasteiger partial charge is 0.277 e. The summed E-state index contributed by atoms with van der Waals surface area (Å²) in [6, 6.07) is 8.44. The molecule has 1 aromatic carbocycles. The Hall–Kier alpha value is -3.57. The summed E-state index contributed by atoms with van der Waals surface area (Å²) >= 11 is 1.56. The van der Waals surface area contributed by atoms with Crippen molar-refractivity contribution >= 4 is 29.0 Å². The van der Waals surface area contributed by atoms with Crippen LogP contribution in [0.25, 0.3) is 10.4 Å². The first-order chi connectivity index (χ1) is 17.6. The second-order valence-electron chi connectivity index (χ2n) is 10.1. The number of carbonyl (C=O) groups is 2. The minimum absolute atomic E-state index is 0.0986. The minimum Gasteiger partial charge on any atom is -0.491 e. The number of rotatable bonds is 6. The molecule has 2 aliphatic rings. The molecule has 2 aromatic heterocycles. The number of aliphatic hydroxyl groups excluding tert-OH is 1. The van der Waals surface area contributed by atoms with Gasteiger partial charge in [0, 0.05) is 19.0 Å². The molecule has 5 rings (SSSR count). The Balaban J connectivity index is 1.39. The molecule has 194 valence electrons. The van der Waals surface area contributed by atoms with E-state index in [4.69, 9.17) is 4.52 Å². The molecule has 2 aliphatic heterocycles. The highest BCUT2D eigenvalue weighted by Crippen LogP contribution is 2.35. The highest BCUT2D eigenvalue weighted by Gasteiger charge is 2.48. The van der Waals surface area contributed by atoms with E-state index < -0.39 is 23.6 Å². The van der Waals surface area contributed by atoms with Gasteiger partial charge in [-0.25, -0.2) is 4.98 Å². The van der Waals surface area contributed by atoms with E-state index in [0.29, 0.717) is 5.84 Å². The number of hydrogen-bond donors (Lipinski definition) is 3. The van der Waals surface area contributed by atoms with Crippen molar-refractivity contribution in [1.82, 2.24) is 20.4 Å². The number of nitrogens with zero attached hydrogens (tertiary/aromatic N) is 4. The Morgan fingerprint density at radius 1 is 1.30 bits per heavy atom. The number of benzene rings is 1. The van der Waals surface area contributed by atoms with Gasteiger partial charge in [-0.05, 0) is 36.0 Å². The third-order valence-electron chi connectivity index (χ3n) is 7.13. The first-order valence-corrected chi connectivity index (χ1v) is 13.0. The van der Waals surface area contributed by atoms with Crippen LogP contribution in [0.1, 0.15) is 50.1 Å².